The van der Waals surface area contributed by atoms with Crippen LogP contribution in [0.25, 0.3) is 0 Å². The summed E-state index contributed by atoms with van der Waals surface area (Å²) in [6.07, 6.45) is 7.53. The molecule has 176 valence electrons. The quantitative estimate of drug-likeness (QED) is 0.457. The van der Waals surface area contributed by atoms with Crippen LogP contribution in [0.5, 0.6) is 0 Å². The average molecular weight is 428 g/mol. The topological polar surface area (TPSA) is 90.0 Å². The summed E-state index contributed by atoms with van der Waals surface area (Å²) >= 11 is 0. The number of likely N-dealkylation sites (N-methyl/N-ethyl adjacent to an activating group) is 1. The predicted octanol–water partition coefficient (Wildman–Crippen LogP) is 3.54. The number of carbonyl (C=O) groups is 3. The van der Waals surface area contributed by atoms with Crippen molar-refractivity contribution in [2.24, 2.45) is 5.92 Å². The van der Waals surface area contributed by atoms with E-state index in [1.807, 2.05) is 13.8 Å². The molecule has 1 aliphatic heterocycles. The minimum Gasteiger partial charge on any atom is -0.478 e. The Morgan fingerprint density at radius 2 is 1.60 bits per heavy atom. The van der Waals surface area contributed by atoms with Crippen LogP contribution < -0.4 is 5.32 Å². The smallest absolute Gasteiger partial charge is 0.331 e. The van der Waals surface area contributed by atoms with E-state index >= 15 is 0 Å². The Morgan fingerprint density at radius 3 is 1.93 bits per heavy atom. The minimum absolute atomic E-state index is 0.0736. The van der Waals surface area contributed by atoms with Crippen molar-refractivity contribution in [2.75, 3.05) is 26.7 Å². The number of carboxylic acids is 1. The van der Waals surface area contributed by atoms with Crippen LogP contribution in [0.1, 0.15) is 74.1 Å². The molecule has 2 N–H and O–H groups in total. The lowest BCUT2D eigenvalue weighted by Gasteiger charge is -2.29. The van der Waals surface area contributed by atoms with Crippen molar-refractivity contribution in [2.45, 2.75) is 86.2 Å². The molecule has 0 bridgehead atoms. The highest BCUT2D eigenvalue weighted by Crippen LogP contribution is 2.13. The van der Waals surface area contributed by atoms with E-state index in [9.17, 15) is 14.4 Å². The van der Waals surface area contributed by atoms with Gasteiger partial charge in [0.1, 0.15) is 0 Å². The Balaban J connectivity index is 0. The van der Waals surface area contributed by atoms with Crippen LogP contribution in [0.4, 0.5) is 0 Å². The van der Waals surface area contributed by atoms with Gasteiger partial charge in [0.15, 0.2) is 0 Å². The zero-order valence-electron chi connectivity index (χ0n) is 20.4. The van der Waals surface area contributed by atoms with E-state index in [0.29, 0.717) is 6.41 Å². The van der Waals surface area contributed by atoms with Gasteiger partial charge >= 0.3 is 5.97 Å². The van der Waals surface area contributed by atoms with Gasteiger partial charge in [0.2, 0.25) is 12.3 Å². The van der Waals surface area contributed by atoms with Crippen molar-refractivity contribution in [3.8, 4) is 0 Å². The predicted molar refractivity (Wildman–Crippen MR) is 123 cm³/mol. The molecule has 30 heavy (non-hydrogen) atoms. The van der Waals surface area contributed by atoms with Crippen LogP contribution in [0, 0.1) is 5.92 Å². The van der Waals surface area contributed by atoms with Gasteiger partial charge in [-0.25, -0.2) is 4.79 Å². The Morgan fingerprint density at radius 1 is 1.10 bits per heavy atom. The number of piperidine rings is 1. The molecule has 0 aromatic rings. The van der Waals surface area contributed by atoms with Gasteiger partial charge in [-0.2, -0.15) is 0 Å². The summed E-state index contributed by atoms with van der Waals surface area (Å²) < 4.78 is 0. The number of aliphatic carboxylic acids is 1. The molecule has 7 nitrogen and oxygen atoms in total. The Bertz CT molecular complexity index is 513. The maximum atomic E-state index is 11.7. The van der Waals surface area contributed by atoms with E-state index in [-0.39, 0.29) is 30.0 Å². The van der Waals surface area contributed by atoms with Gasteiger partial charge in [0.25, 0.3) is 0 Å². The molecule has 0 saturated carbocycles. The van der Waals surface area contributed by atoms with Gasteiger partial charge in [-0.15, -0.1) is 0 Å². The molecule has 1 fully saturated rings. The average Bonchev–Trinajstić information content (AvgIpc) is 2.70. The van der Waals surface area contributed by atoms with E-state index in [1.165, 1.54) is 50.6 Å². The van der Waals surface area contributed by atoms with E-state index in [4.69, 9.17) is 5.11 Å². The number of nitrogens with one attached hydrogen (secondary N) is 1. The summed E-state index contributed by atoms with van der Waals surface area (Å²) in [6, 6.07) is 0.451. The second kappa shape index (κ2) is 17.9. The molecule has 1 heterocycles. The number of nitrogens with zero attached hydrogens (tertiary/aromatic N) is 2. The normalized spacial score (nSPS) is 15.3. The van der Waals surface area contributed by atoms with Gasteiger partial charge in [-0.05, 0) is 52.6 Å². The van der Waals surface area contributed by atoms with Gasteiger partial charge in [-0.3, -0.25) is 9.59 Å². The van der Waals surface area contributed by atoms with E-state index in [0.717, 1.165) is 6.04 Å². The summed E-state index contributed by atoms with van der Waals surface area (Å²) in [5, 5.41) is 11.1. The Hall–Kier alpha value is -1.89. The van der Waals surface area contributed by atoms with Crippen LogP contribution in [-0.2, 0) is 14.4 Å². The largest absolute Gasteiger partial charge is 0.478 e. The van der Waals surface area contributed by atoms with Gasteiger partial charge in [0.05, 0.1) is 12.6 Å². The second-order valence-electron chi connectivity index (χ2n) is 8.29. The molecule has 0 aromatic heterocycles. The van der Waals surface area contributed by atoms with Crippen LogP contribution in [-0.4, -0.2) is 72.0 Å². The van der Waals surface area contributed by atoms with Crippen LogP contribution in [0.15, 0.2) is 11.6 Å². The fourth-order valence-corrected chi connectivity index (χ4v) is 2.93. The highest BCUT2D eigenvalue weighted by molar-refractivity contribution is 5.86. The first-order valence-corrected chi connectivity index (χ1v) is 11.1. The zero-order valence-corrected chi connectivity index (χ0v) is 20.4. The highest BCUT2D eigenvalue weighted by Gasteiger charge is 2.21. The molecule has 1 saturated heterocycles. The number of carbonyl (C=O) groups excluding carboxylic acids is 2. The van der Waals surface area contributed by atoms with Crippen molar-refractivity contribution in [1.29, 1.82) is 0 Å². The molecule has 2 amide bonds. The lowest BCUT2D eigenvalue weighted by Crippen LogP contribution is -2.43. The molecule has 1 aliphatic rings. The molecule has 0 radical (unpaired) electrons. The maximum Gasteiger partial charge on any atom is 0.331 e. The fraction of sp³-hybridized carbons (Fsp3) is 0.783. The molecule has 0 aliphatic carbocycles. The number of carboxylic acid groups (broad SMARTS) is 1. The molecule has 1 rings (SSSR count). The first-order valence-electron chi connectivity index (χ1n) is 11.1. The van der Waals surface area contributed by atoms with Crippen molar-refractivity contribution in [3.05, 3.63) is 11.6 Å². The number of likely N-dealkylation sites (tertiary alicyclic amines) is 1. The van der Waals surface area contributed by atoms with Gasteiger partial charge in [0, 0.05) is 18.7 Å². The number of rotatable bonds is 8. The van der Waals surface area contributed by atoms with Crippen molar-refractivity contribution >= 4 is 18.3 Å². The van der Waals surface area contributed by atoms with Crippen LogP contribution >= 0.6 is 0 Å². The summed E-state index contributed by atoms with van der Waals surface area (Å²) in [6.45, 7) is 16.7. The van der Waals surface area contributed by atoms with Crippen LogP contribution in [0.2, 0.25) is 0 Å². The van der Waals surface area contributed by atoms with Gasteiger partial charge in [-0.1, -0.05) is 46.6 Å². The SMILES string of the molecule is C/C(=C\[C@H](C(C)C)N(C)C(=O)CNC=O)C(=O)O.CC(C)N1CCCCC1.CCC. The number of amides is 2. The van der Waals surface area contributed by atoms with Gasteiger partial charge < -0.3 is 20.2 Å². The summed E-state index contributed by atoms with van der Waals surface area (Å²) in [4.78, 5) is 36.6. The summed E-state index contributed by atoms with van der Waals surface area (Å²) in [5.74, 6) is -1.20. The number of hydrogen-bond acceptors (Lipinski definition) is 4. The zero-order chi connectivity index (χ0) is 23.7. The molecule has 7 heteroatoms. The lowest BCUT2D eigenvalue weighted by atomic mass is 10.00. The second-order valence-corrected chi connectivity index (χ2v) is 8.29. The van der Waals surface area contributed by atoms with Crippen LogP contribution in [0.3, 0.4) is 0 Å². The third-order valence-corrected chi connectivity index (χ3v) is 4.74. The van der Waals surface area contributed by atoms with E-state index < -0.39 is 5.97 Å². The van der Waals surface area contributed by atoms with Crippen molar-refractivity contribution in [3.63, 3.8) is 0 Å². The van der Waals surface area contributed by atoms with E-state index in [1.54, 1.807) is 13.1 Å². The third-order valence-electron chi connectivity index (χ3n) is 4.74. The Labute approximate surface area is 183 Å². The Kier molecular flexibility index (Phi) is 18.1. The van der Waals surface area contributed by atoms with Crippen molar-refractivity contribution < 1.29 is 19.5 Å². The number of hydrogen-bond donors (Lipinski definition) is 2. The third kappa shape index (κ3) is 14.1. The van der Waals surface area contributed by atoms with Crippen molar-refractivity contribution in [1.82, 2.24) is 15.1 Å². The molecular formula is C23H45N3O4. The molecule has 0 spiro atoms. The fourth-order valence-electron chi connectivity index (χ4n) is 2.93. The molecular weight excluding hydrogens is 382 g/mol. The first kappa shape index (κ1) is 30.3. The minimum atomic E-state index is -1.01. The lowest BCUT2D eigenvalue weighted by molar-refractivity contribution is -0.133. The monoisotopic (exact) mass is 427 g/mol. The summed E-state index contributed by atoms with van der Waals surface area (Å²) in [5.41, 5.74) is 0.191. The summed E-state index contributed by atoms with van der Waals surface area (Å²) in [7, 11) is 1.59. The molecule has 0 aromatic carbocycles. The maximum absolute atomic E-state index is 11.7. The first-order chi connectivity index (χ1) is 14.0. The standard InChI is InChI=1S/C12H20N2O4.C8H17N.C3H8/c1-8(2)10(5-9(3)12(17)18)14(4)11(16)6-13-7-15;1-8(2)9-6-4-3-5-7-9;1-3-2/h5,7-8,10H,6H2,1-4H3,(H,13,15)(H,17,18);8H,3-7H2,1-2H3;3H2,1-2H3/b9-5+;;/t10-;;/m1../s1. The molecule has 1 atom stereocenters. The molecule has 0 unspecified atom stereocenters. The van der Waals surface area contributed by atoms with E-state index in [2.05, 4.69) is 37.9 Å². The highest BCUT2D eigenvalue weighted by atomic mass is 16.4.